The van der Waals surface area contributed by atoms with Crippen LogP contribution >= 0.6 is 0 Å². The first-order valence-electron chi connectivity index (χ1n) is 7.21. The maximum absolute atomic E-state index is 11.8. The van der Waals surface area contributed by atoms with Gasteiger partial charge in [0.25, 0.3) is 0 Å². The standard InChI is InChI=1S/C15H22N4O2/c1-10(18-14(20)9-17-8-11-2-3-11)12-4-6-13(7-5-12)19-15(16)21/h4-7,10-11,17H,2-3,8-9H2,1H3,(H,18,20)(H3,16,19,21). The Morgan fingerprint density at radius 3 is 2.52 bits per heavy atom. The Morgan fingerprint density at radius 1 is 1.29 bits per heavy atom. The van der Waals surface area contributed by atoms with Crippen LogP contribution in [0, 0.1) is 5.92 Å². The first kappa shape index (κ1) is 15.3. The zero-order valence-electron chi connectivity index (χ0n) is 12.2. The van der Waals surface area contributed by atoms with Gasteiger partial charge in [-0.05, 0) is 49.9 Å². The highest BCUT2D eigenvalue weighted by atomic mass is 16.2. The fourth-order valence-corrected chi connectivity index (χ4v) is 2.09. The number of hydrogen-bond acceptors (Lipinski definition) is 3. The van der Waals surface area contributed by atoms with Gasteiger partial charge < -0.3 is 21.7 Å². The second-order valence-electron chi connectivity index (χ2n) is 5.47. The topological polar surface area (TPSA) is 96.2 Å². The van der Waals surface area contributed by atoms with E-state index >= 15 is 0 Å². The van der Waals surface area contributed by atoms with Gasteiger partial charge in [0.2, 0.25) is 5.91 Å². The summed E-state index contributed by atoms with van der Waals surface area (Å²) in [6.45, 7) is 3.20. The van der Waals surface area contributed by atoms with Crippen LogP contribution in [0.3, 0.4) is 0 Å². The van der Waals surface area contributed by atoms with Crippen LogP contribution in [0.15, 0.2) is 24.3 Å². The van der Waals surface area contributed by atoms with E-state index in [0.717, 1.165) is 18.0 Å². The Labute approximate surface area is 124 Å². The Morgan fingerprint density at radius 2 is 1.95 bits per heavy atom. The van der Waals surface area contributed by atoms with Crippen molar-refractivity contribution < 1.29 is 9.59 Å². The van der Waals surface area contributed by atoms with Crippen molar-refractivity contribution in [2.45, 2.75) is 25.8 Å². The van der Waals surface area contributed by atoms with E-state index in [1.807, 2.05) is 19.1 Å². The maximum atomic E-state index is 11.8. The molecular weight excluding hydrogens is 268 g/mol. The fourth-order valence-electron chi connectivity index (χ4n) is 2.09. The molecule has 0 heterocycles. The monoisotopic (exact) mass is 290 g/mol. The molecule has 0 bridgehead atoms. The highest BCUT2D eigenvalue weighted by molar-refractivity contribution is 5.87. The summed E-state index contributed by atoms with van der Waals surface area (Å²) in [4.78, 5) is 22.5. The predicted molar refractivity (Wildman–Crippen MR) is 81.8 cm³/mol. The Bertz CT molecular complexity index is 497. The summed E-state index contributed by atoms with van der Waals surface area (Å²) in [6, 6.07) is 6.55. The lowest BCUT2D eigenvalue weighted by atomic mass is 10.1. The molecule has 21 heavy (non-hydrogen) atoms. The molecule has 114 valence electrons. The van der Waals surface area contributed by atoms with Crippen LogP contribution in [-0.4, -0.2) is 25.0 Å². The van der Waals surface area contributed by atoms with E-state index in [2.05, 4.69) is 16.0 Å². The van der Waals surface area contributed by atoms with Crippen LogP contribution in [0.4, 0.5) is 10.5 Å². The molecule has 1 aromatic carbocycles. The highest BCUT2D eigenvalue weighted by Gasteiger charge is 2.20. The first-order chi connectivity index (χ1) is 10.0. The summed E-state index contributed by atoms with van der Waals surface area (Å²) >= 11 is 0. The molecule has 3 amide bonds. The third-order valence-electron chi connectivity index (χ3n) is 3.47. The van der Waals surface area contributed by atoms with Gasteiger partial charge in [0.05, 0.1) is 12.6 Å². The molecule has 1 saturated carbocycles. The molecule has 1 aliphatic rings. The number of carbonyl (C=O) groups is 2. The van der Waals surface area contributed by atoms with Crippen molar-refractivity contribution in [2.24, 2.45) is 11.7 Å². The number of carbonyl (C=O) groups excluding carboxylic acids is 2. The minimum Gasteiger partial charge on any atom is -0.351 e. The molecule has 0 aliphatic heterocycles. The summed E-state index contributed by atoms with van der Waals surface area (Å²) in [5.41, 5.74) is 6.65. The average Bonchev–Trinajstić information content (AvgIpc) is 3.23. The van der Waals surface area contributed by atoms with Gasteiger partial charge in [-0.3, -0.25) is 4.79 Å². The minimum atomic E-state index is -0.592. The van der Waals surface area contributed by atoms with Crippen LogP contribution < -0.4 is 21.7 Å². The van der Waals surface area contributed by atoms with Gasteiger partial charge in [-0.1, -0.05) is 12.1 Å². The zero-order valence-corrected chi connectivity index (χ0v) is 12.2. The minimum absolute atomic E-state index is 0.0116. The molecule has 2 rings (SSSR count). The Hall–Kier alpha value is -2.08. The summed E-state index contributed by atoms with van der Waals surface area (Å²) in [6.07, 6.45) is 2.55. The largest absolute Gasteiger partial charge is 0.351 e. The van der Waals surface area contributed by atoms with Crippen molar-refractivity contribution in [3.05, 3.63) is 29.8 Å². The van der Waals surface area contributed by atoms with Crippen LogP contribution in [0.2, 0.25) is 0 Å². The van der Waals surface area contributed by atoms with Gasteiger partial charge in [-0.15, -0.1) is 0 Å². The molecule has 1 aliphatic carbocycles. The highest BCUT2D eigenvalue weighted by Crippen LogP contribution is 2.27. The first-order valence-corrected chi connectivity index (χ1v) is 7.21. The smallest absolute Gasteiger partial charge is 0.316 e. The van der Waals surface area contributed by atoms with Gasteiger partial charge in [0, 0.05) is 5.69 Å². The molecule has 0 radical (unpaired) electrons. The van der Waals surface area contributed by atoms with E-state index in [0.29, 0.717) is 12.2 Å². The molecule has 0 aromatic heterocycles. The molecular formula is C15H22N4O2. The SMILES string of the molecule is CC(NC(=O)CNCC1CC1)c1ccc(NC(N)=O)cc1. The molecule has 1 aromatic rings. The van der Waals surface area contributed by atoms with Crippen molar-refractivity contribution in [3.63, 3.8) is 0 Å². The van der Waals surface area contributed by atoms with Crippen LogP contribution in [0.25, 0.3) is 0 Å². The maximum Gasteiger partial charge on any atom is 0.316 e. The van der Waals surface area contributed by atoms with E-state index in [1.165, 1.54) is 12.8 Å². The Balaban J connectivity index is 1.76. The number of amides is 3. The lowest BCUT2D eigenvalue weighted by Gasteiger charge is -2.15. The quantitative estimate of drug-likeness (QED) is 0.610. The number of primary amides is 1. The zero-order chi connectivity index (χ0) is 15.2. The molecule has 1 fully saturated rings. The van der Waals surface area contributed by atoms with Crippen LogP contribution in [0.5, 0.6) is 0 Å². The molecule has 0 saturated heterocycles. The van der Waals surface area contributed by atoms with Gasteiger partial charge >= 0.3 is 6.03 Å². The van der Waals surface area contributed by atoms with Crippen molar-refractivity contribution >= 4 is 17.6 Å². The fraction of sp³-hybridized carbons (Fsp3) is 0.467. The normalized spacial score (nSPS) is 15.3. The number of benzene rings is 1. The average molecular weight is 290 g/mol. The van der Waals surface area contributed by atoms with Crippen LogP contribution in [-0.2, 0) is 4.79 Å². The Kier molecular flexibility index (Phi) is 5.16. The second-order valence-corrected chi connectivity index (χ2v) is 5.47. The summed E-state index contributed by atoms with van der Waals surface area (Å²) in [5, 5.41) is 8.60. The summed E-state index contributed by atoms with van der Waals surface area (Å²) in [5.74, 6) is 0.753. The van der Waals surface area contributed by atoms with Gasteiger partial charge in [-0.2, -0.15) is 0 Å². The van der Waals surface area contributed by atoms with Crippen LogP contribution in [0.1, 0.15) is 31.4 Å². The third kappa shape index (κ3) is 5.43. The molecule has 1 unspecified atom stereocenters. The molecule has 0 spiro atoms. The third-order valence-corrected chi connectivity index (χ3v) is 3.47. The number of nitrogens with one attached hydrogen (secondary N) is 3. The summed E-state index contributed by atoms with van der Waals surface area (Å²) in [7, 11) is 0. The van der Waals surface area contributed by atoms with Crippen molar-refractivity contribution in [1.29, 1.82) is 0 Å². The molecule has 5 N–H and O–H groups in total. The molecule has 1 atom stereocenters. The van der Waals surface area contributed by atoms with Gasteiger partial charge in [0.15, 0.2) is 0 Å². The van der Waals surface area contributed by atoms with E-state index in [4.69, 9.17) is 5.73 Å². The van der Waals surface area contributed by atoms with Crippen molar-refractivity contribution in [1.82, 2.24) is 10.6 Å². The predicted octanol–water partition coefficient (Wildman–Crippen LogP) is 1.35. The number of rotatable bonds is 7. The lowest BCUT2D eigenvalue weighted by Crippen LogP contribution is -2.36. The number of urea groups is 1. The van der Waals surface area contributed by atoms with Gasteiger partial charge in [0.1, 0.15) is 0 Å². The number of anilines is 1. The van der Waals surface area contributed by atoms with E-state index in [9.17, 15) is 9.59 Å². The van der Waals surface area contributed by atoms with E-state index in [1.54, 1.807) is 12.1 Å². The van der Waals surface area contributed by atoms with Crippen molar-refractivity contribution in [3.8, 4) is 0 Å². The van der Waals surface area contributed by atoms with E-state index in [-0.39, 0.29) is 11.9 Å². The number of hydrogen-bond donors (Lipinski definition) is 4. The molecule has 6 nitrogen and oxygen atoms in total. The summed E-state index contributed by atoms with van der Waals surface area (Å²) < 4.78 is 0. The molecule has 6 heteroatoms. The number of nitrogens with two attached hydrogens (primary N) is 1. The van der Waals surface area contributed by atoms with Gasteiger partial charge in [-0.25, -0.2) is 4.79 Å². The van der Waals surface area contributed by atoms with Crippen molar-refractivity contribution in [2.75, 3.05) is 18.4 Å². The second kappa shape index (κ2) is 7.08. The lowest BCUT2D eigenvalue weighted by molar-refractivity contribution is -0.120. The van der Waals surface area contributed by atoms with E-state index < -0.39 is 6.03 Å².